The minimum absolute atomic E-state index is 0.156. The van der Waals surface area contributed by atoms with E-state index in [1.54, 1.807) is 19.1 Å². The number of nitrogens with zero attached hydrogens (tertiary/aromatic N) is 1. The van der Waals surface area contributed by atoms with Crippen LogP contribution in [0.25, 0.3) is 0 Å². The van der Waals surface area contributed by atoms with Gasteiger partial charge in [-0.3, -0.25) is 9.79 Å². The zero-order chi connectivity index (χ0) is 22.7. The van der Waals surface area contributed by atoms with Crippen LogP contribution in [-0.2, 0) is 19.1 Å². The van der Waals surface area contributed by atoms with Crippen LogP contribution < -0.4 is 0 Å². The van der Waals surface area contributed by atoms with E-state index in [1.807, 2.05) is 81.4 Å². The van der Waals surface area contributed by atoms with Gasteiger partial charge in [-0.05, 0) is 34.1 Å². The largest absolute Gasteiger partial charge is 0.466 e. The zero-order valence-corrected chi connectivity index (χ0v) is 18.7. The Balaban J connectivity index is 2.36. The minimum atomic E-state index is -0.743. The first-order valence-electron chi connectivity index (χ1n) is 10.5. The maximum absolute atomic E-state index is 12.9. The van der Waals surface area contributed by atoms with Gasteiger partial charge in [-0.25, -0.2) is 4.79 Å². The van der Waals surface area contributed by atoms with Crippen molar-refractivity contribution < 1.29 is 19.1 Å². The van der Waals surface area contributed by atoms with E-state index in [0.717, 1.165) is 16.8 Å². The number of carbonyl (C=O) groups is 2. The van der Waals surface area contributed by atoms with E-state index in [9.17, 15) is 9.59 Å². The second-order valence-corrected chi connectivity index (χ2v) is 7.98. The molecule has 0 saturated heterocycles. The van der Waals surface area contributed by atoms with Crippen LogP contribution in [0.2, 0.25) is 0 Å². The smallest absolute Gasteiger partial charge is 0.331 e. The number of carbonyl (C=O) groups excluding carboxylic acids is 2. The van der Waals surface area contributed by atoms with E-state index in [1.165, 1.54) is 0 Å². The van der Waals surface area contributed by atoms with Crippen molar-refractivity contribution in [3.63, 3.8) is 0 Å². The summed E-state index contributed by atoms with van der Waals surface area (Å²) in [5, 5.41) is 0. The van der Waals surface area contributed by atoms with Gasteiger partial charge in [0.15, 0.2) is 6.04 Å². The molecule has 0 saturated carbocycles. The summed E-state index contributed by atoms with van der Waals surface area (Å²) in [6.07, 6.45) is 3.96. The van der Waals surface area contributed by atoms with Crippen LogP contribution in [0.4, 0.5) is 0 Å². The second kappa shape index (κ2) is 11.8. The molecule has 31 heavy (non-hydrogen) atoms. The summed E-state index contributed by atoms with van der Waals surface area (Å²) < 4.78 is 10.6. The van der Waals surface area contributed by atoms with Crippen LogP contribution in [0.15, 0.2) is 77.8 Å². The Labute approximate surface area is 184 Å². The number of ether oxygens (including phenoxy) is 2. The fourth-order valence-corrected chi connectivity index (χ4v) is 2.86. The highest BCUT2D eigenvalue weighted by Crippen LogP contribution is 2.17. The third kappa shape index (κ3) is 8.59. The van der Waals surface area contributed by atoms with Gasteiger partial charge in [0.1, 0.15) is 5.60 Å². The van der Waals surface area contributed by atoms with Gasteiger partial charge in [-0.15, -0.1) is 0 Å². The average Bonchev–Trinajstić information content (AvgIpc) is 2.73. The molecule has 0 bridgehead atoms. The molecule has 0 aliphatic rings. The molecular formula is C26H31NO4. The fourth-order valence-electron chi connectivity index (χ4n) is 2.86. The van der Waals surface area contributed by atoms with Gasteiger partial charge in [-0.1, -0.05) is 72.8 Å². The monoisotopic (exact) mass is 421 g/mol. The maximum Gasteiger partial charge on any atom is 0.331 e. The van der Waals surface area contributed by atoms with Crippen LogP contribution in [-0.4, -0.2) is 35.9 Å². The number of rotatable bonds is 9. The van der Waals surface area contributed by atoms with Crippen molar-refractivity contribution in [1.82, 2.24) is 0 Å². The standard InChI is InChI=1S/C26H31NO4/c1-5-30-23(28)19-13-12-18-22(25(29)31-26(2,3)4)27-24(20-14-8-6-9-15-20)21-16-10-7-11-17-21/h6-17,22H,5,18-19H2,1-4H3/b13-12+/t22-/m0/s1. The molecule has 2 aromatic carbocycles. The van der Waals surface area contributed by atoms with Crippen LogP contribution in [0.5, 0.6) is 0 Å². The van der Waals surface area contributed by atoms with Gasteiger partial charge in [0, 0.05) is 11.1 Å². The third-order valence-corrected chi connectivity index (χ3v) is 4.17. The zero-order valence-electron chi connectivity index (χ0n) is 18.7. The van der Waals surface area contributed by atoms with Gasteiger partial charge >= 0.3 is 11.9 Å². The molecule has 0 aromatic heterocycles. The Morgan fingerprint density at radius 2 is 1.48 bits per heavy atom. The van der Waals surface area contributed by atoms with Gasteiger partial charge in [-0.2, -0.15) is 0 Å². The van der Waals surface area contributed by atoms with Crippen LogP contribution in [0.3, 0.4) is 0 Å². The molecular weight excluding hydrogens is 390 g/mol. The van der Waals surface area contributed by atoms with E-state index in [0.29, 0.717) is 13.0 Å². The van der Waals surface area contributed by atoms with Crippen molar-refractivity contribution in [2.75, 3.05) is 6.61 Å². The molecule has 0 aliphatic heterocycles. The Morgan fingerprint density at radius 3 is 1.97 bits per heavy atom. The second-order valence-electron chi connectivity index (χ2n) is 7.98. The summed E-state index contributed by atoms with van der Waals surface area (Å²) in [6, 6.07) is 18.8. The van der Waals surface area contributed by atoms with Crippen molar-refractivity contribution in [1.29, 1.82) is 0 Å². The first-order chi connectivity index (χ1) is 14.8. The molecule has 5 nitrogen and oxygen atoms in total. The van der Waals surface area contributed by atoms with Crippen LogP contribution in [0, 0.1) is 0 Å². The van der Waals surface area contributed by atoms with Crippen molar-refractivity contribution in [2.24, 2.45) is 4.99 Å². The van der Waals surface area contributed by atoms with E-state index in [4.69, 9.17) is 14.5 Å². The predicted molar refractivity (Wildman–Crippen MR) is 123 cm³/mol. The molecule has 1 atom stereocenters. The lowest BCUT2D eigenvalue weighted by Gasteiger charge is -2.22. The van der Waals surface area contributed by atoms with Gasteiger partial charge in [0.05, 0.1) is 18.7 Å². The summed E-state index contributed by atoms with van der Waals surface area (Å²) in [6.45, 7) is 7.60. The van der Waals surface area contributed by atoms with Crippen molar-refractivity contribution >= 4 is 17.7 Å². The van der Waals surface area contributed by atoms with E-state index >= 15 is 0 Å². The normalized spacial score (nSPS) is 12.3. The highest BCUT2D eigenvalue weighted by atomic mass is 16.6. The lowest BCUT2D eigenvalue weighted by molar-refractivity contribution is -0.156. The number of esters is 2. The van der Waals surface area contributed by atoms with Gasteiger partial charge < -0.3 is 9.47 Å². The highest BCUT2D eigenvalue weighted by molar-refractivity contribution is 6.13. The van der Waals surface area contributed by atoms with Crippen LogP contribution >= 0.6 is 0 Å². The molecule has 0 amide bonds. The average molecular weight is 422 g/mol. The molecule has 0 unspecified atom stereocenters. The Kier molecular flexibility index (Phi) is 9.19. The van der Waals surface area contributed by atoms with Crippen molar-refractivity contribution in [2.45, 2.75) is 52.2 Å². The Morgan fingerprint density at radius 1 is 0.935 bits per heavy atom. The minimum Gasteiger partial charge on any atom is -0.466 e. The van der Waals surface area contributed by atoms with Crippen molar-refractivity contribution in [3.8, 4) is 0 Å². The maximum atomic E-state index is 12.9. The quantitative estimate of drug-likeness (QED) is 0.320. The highest BCUT2D eigenvalue weighted by Gasteiger charge is 2.25. The number of hydrogen-bond acceptors (Lipinski definition) is 5. The summed E-state index contributed by atoms with van der Waals surface area (Å²) >= 11 is 0. The molecule has 0 radical (unpaired) electrons. The molecule has 2 aromatic rings. The Hall–Kier alpha value is -3.21. The first-order valence-corrected chi connectivity index (χ1v) is 10.5. The van der Waals surface area contributed by atoms with Crippen LogP contribution in [0.1, 0.15) is 51.7 Å². The number of benzene rings is 2. The fraction of sp³-hybridized carbons (Fsp3) is 0.346. The van der Waals surface area contributed by atoms with Gasteiger partial charge in [0.2, 0.25) is 0 Å². The van der Waals surface area contributed by atoms with Gasteiger partial charge in [0.25, 0.3) is 0 Å². The predicted octanol–water partition coefficient (Wildman–Crippen LogP) is 5.13. The lowest BCUT2D eigenvalue weighted by Crippen LogP contribution is -2.31. The van der Waals surface area contributed by atoms with E-state index < -0.39 is 17.6 Å². The molecule has 0 N–H and O–H groups in total. The first kappa shape index (κ1) is 24.1. The SMILES string of the molecule is CCOC(=O)C/C=C/C[C@H](N=C(c1ccccc1)c1ccccc1)C(=O)OC(C)(C)C. The molecule has 0 fully saturated rings. The lowest BCUT2D eigenvalue weighted by atomic mass is 10.0. The number of aliphatic imine (C=N–C) groups is 1. The summed E-state index contributed by atoms with van der Waals surface area (Å²) in [4.78, 5) is 29.3. The molecule has 0 spiro atoms. The Bertz CT molecular complexity index is 855. The summed E-state index contributed by atoms with van der Waals surface area (Å²) in [5.74, 6) is -0.706. The topological polar surface area (TPSA) is 65.0 Å². The van der Waals surface area contributed by atoms with Crippen molar-refractivity contribution in [3.05, 3.63) is 83.9 Å². The third-order valence-electron chi connectivity index (χ3n) is 4.17. The molecule has 0 aliphatic carbocycles. The molecule has 164 valence electrons. The number of hydrogen-bond donors (Lipinski definition) is 0. The molecule has 2 rings (SSSR count). The molecule has 0 heterocycles. The van der Waals surface area contributed by atoms with E-state index in [2.05, 4.69) is 0 Å². The summed E-state index contributed by atoms with van der Waals surface area (Å²) in [7, 11) is 0. The van der Waals surface area contributed by atoms with E-state index in [-0.39, 0.29) is 12.4 Å². The molecule has 5 heteroatoms. The summed E-state index contributed by atoms with van der Waals surface area (Å²) in [5.41, 5.74) is 1.92.